The van der Waals surface area contributed by atoms with Gasteiger partial charge in [-0.1, -0.05) is 52.9 Å². The zero-order valence-corrected chi connectivity index (χ0v) is 13.1. The van der Waals surface area contributed by atoms with Crippen LogP contribution in [0.2, 0.25) is 0 Å². The summed E-state index contributed by atoms with van der Waals surface area (Å²) in [6, 6.07) is -1.19. The third kappa shape index (κ3) is 10.6. The predicted molar refractivity (Wildman–Crippen MR) is 80.8 cm³/mol. The Balaban J connectivity index is 3.72. The molecule has 0 saturated carbocycles. The van der Waals surface area contributed by atoms with Gasteiger partial charge >= 0.3 is 12.0 Å². The number of urea groups is 1. The van der Waals surface area contributed by atoms with Crippen molar-refractivity contribution in [3.63, 3.8) is 0 Å². The summed E-state index contributed by atoms with van der Waals surface area (Å²) in [5.74, 6) is -0.747. The molecule has 0 rings (SSSR count). The highest BCUT2D eigenvalue weighted by Gasteiger charge is 2.20. The Hall–Kier alpha value is -1.26. The Bertz CT molecular complexity index is 280. The quantitative estimate of drug-likeness (QED) is 0.510. The topological polar surface area (TPSA) is 78.4 Å². The van der Waals surface area contributed by atoms with Crippen LogP contribution in [0.15, 0.2) is 0 Å². The monoisotopic (exact) mass is 286 g/mol. The zero-order valence-electron chi connectivity index (χ0n) is 13.1. The van der Waals surface area contributed by atoms with Gasteiger partial charge in [-0.15, -0.1) is 0 Å². The highest BCUT2D eigenvalue weighted by atomic mass is 16.4. The molecule has 5 nitrogen and oxygen atoms in total. The summed E-state index contributed by atoms with van der Waals surface area (Å²) in [6.07, 6.45) is 7.43. The van der Waals surface area contributed by atoms with Crippen LogP contribution in [0, 0.1) is 5.92 Å². The number of carbonyl (C=O) groups is 2. The van der Waals surface area contributed by atoms with Gasteiger partial charge in [-0.3, -0.25) is 0 Å². The molecule has 0 aromatic carbocycles. The number of nitrogens with one attached hydrogen (secondary N) is 2. The fourth-order valence-corrected chi connectivity index (χ4v) is 2.01. The summed E-state index contributed by atoms with van der Waals surface area (Å²) in [5, 5.41) is 14.2. The van der Waals surface area contributed by atoms with E-state index in [2.05, 4.69) is 17.6 Å². The van der Waals surface area contributed by atoms with Crippen molar-refractivity contribution in [2.75, 3.05) is 6.54 Å². The average molecular weight is 286 g/mol. The summed E-state index contributed by atoms with van der Waals surface area (Å²) in [5.41, 5.74) is 0. The molecule has 1 atom stereocenters. The van der Waals surface area contributed by atoms with Crippen LogP contribution >= 0.6 is 0 Å². The molecule has 20 heavy (non-hydrogen) atoms. The van der Waals surface area contributed by atoms with Crippen molar-refractivity contribution in [2.24, 2.45) is 5.92 Å². The lowest BCUT2D eigenvalue weighted by molar-refractivity contribution is -0.139. The fraction of sp³-hybridized carbons (Fsp3) is 0.867. The van der Waals surface area contributed by atoms with Crippen molar-refractivity contribution in [3.05, 3.63) is 0 Å². The minimum atomic E-state index is -0.978. The van der Waals surface area contributed by atoms with Gasteiger partial charge in [0.25, 0.3) is 0 Å². The summed E-state index contributed by atoms with van der Waals surface area (Å²) < 4.78 is 0. The minimum absolute atomic E-state index is 0.231. The second-order valence-corrected chi connectivity index (χ2v) is 5.69. The Morgan fingerprint density at radius 2 is 1.65 bits per heavy atom. The van der Waals surface area contributed by atoms with Gasteiger partial charge in [0.05, 0.1) is 0 Å². The first-order valence-electron chi connectivity index (χ1n) is 7.74. The standard InChI is InChI=1S/C15H30N2O3/c1-4-5-6-7-8-9-10-16-15(20)17-13(14(18)19)11-12(2)3/h12-13H,4-11H2,1-3H3,(H,18,19)(H2,16,17,20). The number of carboxylic acids is 1. The summed E-state index contributed by atoms with van der Waals surface area (Å²) in [7, 11) is 0. The van der Waals surface area contributed by atoms with Crippen LogP contribution in [0.4, 0.5) is 4.79 Å². The third-order valence-corrected chi connectivity index (χ3v) is 3.13. The summed E-state index contributed by atoms with van der Waals surface area (Å²) in [4.78, 5) is 22.6. The smallest absolute Gasteiger partial charge is 0.326 e. The molecule has 0 saturated heterocycles. The Morgan fingerprint density at radius 1 is 1.05 bits per heavy atom. The van der Waals surface area contributed by atoms with Crippen molar-refractivity contribution < 1.29 is 14.7 Å². The van der Waals surface area contributed by atoms with Crippen LogP contribution in [0.1, 0.15) is 65.7 Å². The van der Waals surface area contributed by atoms with E-state index in [0.29, 0.717) is 13.0 Å². The van der Waals surface area contributed by atoms with E-state index >= 15 is 0 Å². The zero-order chi connectivity index (χ0) is 15.4. The summed E-state index contributed by atoms with van der Waals surface area (Å²) in [6.45, 7) is 6.66. The van der Waals surface area contributed by atoms with Gasteiger partial charge in [0, 0.05) is 6.54 Å². The third-order valence-electron chi connectivity index (χ3n) is 3.13. The Morgan fingerprint density at radius 3 is 2.20 bits per heavy atom. The molecule has 0 bridgehead atoms. The van der Waals surface area contributed by atoms with Gasteiger partial charge in [-0.2, -0.15) is 0 Å². The van der Waals surface area contributed by atoms with Gasteiger partial charge in [0.1, 0.15) is 6.04 Å². The van der Waals surface area contributed by atoms with Crippen molar-refractivity contribution in [3.8, 4) is 0 Å². The number of aliphatic carboxylic acids is 1. The molecule has 0 aromatic rings. The van der Waals surface area contributed by atoms with Gasteiger partial charge < -0.3 is 15.7 Å². The van der Waals surface area contributed by atoms with Crippen LogP contribution in [-0.2, 0) is 4.79 Å². The van der Waals surface area contributed by atoms with E-state index in [1.807, 2.05) is 13.8 Å². The molecule has 5 heteroatoms. The van der Waals surface area contributed by atoms with Crippen LogP contribution in [0.25, 0.3) is 0 Å². The van der Waals surface area contributed by atoms with Crippen molar-refractivity contribution >= 4 is 12.0 Å². The normalized spacial score (nSPS) is 12.2. The van der Waals surface area contributed by atoms with E-state index in [-0.39, 0.29) is 11.9 Å². The van der Waals surface area contributed by atoms with E-state index in [1.54, 1.807) is 0 Å². The molecule has 0 aliphatic carbocycles. The van der Waals surface area contributed by atoms with E-state index in [9.17, 15) is 9.59 Å². The number of carboxylic acid groups (broad SMARTS) is 1. The second kappa shape index (κ2) is 11.6. The Labute approximate surface area is 122 Å². The van der Waals surface area contributed by atoms with Gasteiger partial charge in [0.2, 0.25) is 0 Å². The molecule has 3 N–H and O–H groups in total. The summed E-state index contributed by atoms with van der Waals surface area (Å²) >= 11 is 0. The maximum Gasteiger partial charge on any atom is 0.326 e. The van der Waals surface area contributed by atoms with Crippen LogP contribution < -0.4 is 10.6 Å². The number of unbranched alkanes of at least 4 members (excludes halogenated alkanes) is 5. The molecular weight excluding hydrogens is 256 g/mol. The first-order valence-corrected chi connectivity index (χ1v) is 7.74. The first kappa shape index (κ1) is 18.7. The minimum Gasteiger partial charge on any atom is -0.480 e. The van der Waals surface area contributed by atoms with Gasteiger partial charge in [-0.25, -0.2) is 9.59 Å². The number of rotatable bonds is 11. The van der Waals surface area contributed by atoms with E-state index < -0.39 is 12.0 Å². The number of carbonyl (C=O) groups excluding carboxylic acids is 1. The number of hydrogen-bond donors (Lipinski definition) is 3. The number of amides is 2. The van der Waals surface area contributed by atoms with Crippen molar-refractivity contribution in [2.45, 2.75) is 71.8 Å². The molecule has 0 aromatic heterocycles. The van der Waals surface area contributed by atoms with Crippen molar-refractivity contribution in [1.82, 2.24) is 10.6 Å². The van der Waals surface area contributed by atoms with E-state index in [4.69, 9.17) is 5.11 Å². The first-order chi connectivity index (χ1) is 9.47. The molecule has 0 heterocycles. The number of hydrogen-bond acceptors (Lipinski definition) is 2. The highest BCUT2D eigenvalue weighted by molar-refractivity contribution is 5.82. The van der Waals surface area contributed by atoms with Gasteiger partial charge in [0.15, 0.2) is 0 Å². The SMILES string of the molecule is CCCCCCCCNC(=O)NC(CC(C)C)C(=O)O. The Kier molecular flexibility index (Phi) is 10.8. The molecule has 0 aliphatic heterocycles. The van der Waals surface area contributed by atoms with Gasteiger partial charge in [-0.05, 0) is 18.8 Å². The second-order valence-electron chi connectivity index (χ2n) is 5.69. The molecule has 0 aliphatic rings. The molecule has 0 fully saturated rings. The average Bonchev–Trinajstić information content (AvgIpc) is 2.36. The lowest BCUT2D eigenvalue weighted by Gasteiger charge is -2.16. The van der Waals surface area contributed by atoms with E-state index in [1.165, 1.54) is 25.7 Å². The molecule has 0 radical (unpaired) electrons. The maximum absolute atomic E-state index is 11.6. The fourth-order valence-electron chi connectivity index (χ4n) is 2.01. The largest absolute Gasteiger partial charge is 0.480 e. The van der Waals surface area contributed by atoms with E-state index in [0.717, 1.165) is 12.8 Å². The molecule has 118 valence electrons. The lowest BCUT2D eigenvalue weighted by Crippen LogP contribution is -2.46. The highest BCUT2D eigenvalue weighted by Crippen LogP contribution is 2.05. The maximum atomic E-state index is 11.6. The van der Waals surface area contributed by atoms with Crippen LogP contribution in [0.3, 0.4) is 0 Å². The predicted octanol–water partition coefficient (Wildman–Crippen LogP) is 3.15. The van der Waals surface area contributed by atoms with Crippen molar-refractivity contribution in [1.29, 1.82) is 0 Å². The van der Waals surface area contributed by atoms with Crippen LogP contribution in [0.5, 0.6) is 0 Å². The molecular formula is C15H30N2O3. The lowest BCUT2D eigenvalue weighted by atomic mass is 10.0. The molecule has 1 unspecified atom stereocenters. The molecule has 2 amide bonds. The molecule has 0 spiro atoms. The van der Waals surface area contributed by atoms with Crippen LogP contribution in [-0.4, -0.2) is 29.7 Å².